The van der Waals surface area contributed by atoms with Crippen LogP contribution in [0.1, 0.15) is 27.3 Å². The molecule has 0 aliphatic heterocycles. The molecule has 0 saturated heterocycles. The topological polar surface area (TPSA) is 63.8 Å². The van der Waals surface area contributed by atoms with Crippen LogP contribution in [0.15, 0.2) is 83.9 Å². The molecule has 0 unspecified atom stereocenters. The van der Waals surface area contributed by atoms with Crippen LogP contribution in [-0.2, 0) is 0 Å². The second-order valence-corrected chi connectivity index (χ2v) is 7.73. The molecule has 1 N–H and O–H groups in total. The Morgan fingerprint density at radius 2 is 1.72 bits per heavy atom. The van der Waals surface area contributed by atoms with Crippen LogP contribution in [0.5, 0.6) is 11.5 Å². The zero-order chi connectivity index (χ0) is 22.7. The van der Waals surface area contributed by atoms with E-state index in [-0.39, 0.29) is 5.56 Å². The number of aromatic nitrogens is 1. The third-order valence-electron chi connectivity index (χ3n) is 5.07. The lowest BCUT2D eigenvalue weighted by molar-refractivity contribution is 0.0697. The number of hydrogen-bond acceptors (Lipinski definition) is 3. The third kappa shape index (κ3) is 4.58. The monoisotopic (exact) mass is 444 g/mol. The average molecular weight is 445 g/mol. The number of carboxylic acids is 1. The van der Waals surface area contributed by atoms with E-state index in [1.807, 2.05) is 73.0 Å². The highest BCUT2D eigenvalue weighted by Crippen LogP contribution is 2.27. The molecule has 5 nitrogen and oxygen atoms in total. The van der Waals surface area contributed by atoms with Crippen LogP contribution in [0.25, 0.3) is 5.69 Å². The van der Waals surface area contributed by atoms with Gasteiger partial charge in [0, 0.05) is 28.2 Å². The molecule has 0 fully saturated rings. The summed E-state index contributed by atoms with van der Waals surface area (Å²) in [5.41, 5.74) is 4.44. The highest BCUT2D eigenvalue weighted by atomic mass is 35.5. The van der Waals surface area contributed by atoms with Gasteiger partial charge in [0.05, 0.1) is 16.9 Å². The molecule has 1 heterocycles. The van der Waals surface area contributed by atoms with Crippen molar-refractivity contribution in [3.05, 3.63) is 106 Å². The van der Waals surface area contributed by atoms with Crippen LogP contribution in [0.2, 0.25) is 5.02 Å². The molecular weight excluding hydrogens is 424 g/mol. The quantitative estimate of drug-likeness (QED) is 0.326. The third-order valence-corrected chi connectivity index (χ3v) is 5.30. The molecule has 0 aliphatic carbocycles. The van der Waals surface area contributed by atoms with Gasteiger partial charge < -0.3 is 14.4 Å². The molecule has 4 rings (SSSR count). The van der Waals surface area contributed by atoms with E-state index in [0.717, 1.165) is 22.6 Å². The van der Waals surface area contributed by atoms with Gasteiger partial charge in [-0.05, 0) is 74.5 Å². The smallest absolute Gasteiger partial charge is 0.337 e. The number of hydrogen-bond donors (Lipinski definition) is 1. The fraction of sp³-hybridized carbons (Fsp3) is 0.0769. The number of para-hydroxylation sites is 1. The Morgan fingerprint density at radius 3 is 2.44 bits per heavy atom. The Balaban J connectivity index is 1.56. The van der Waals surface area contributed by atoms with Crippen molar-refractivity contribution in [3.63, 3.8) is 0 Å². The van der Waals surface area contributed by atoms with E-state index in [4.69, 9.17) is 16.3 Å². The van der Waals surface area contributed by atoms with Gasteiger partial charge in [0.25, 0.3) is 0 Å². The van der Waals surface area contributed by atoms with Crippen LogP contribution in [0.3, 0.4) is 0 Å². The second kappa shape index (κ2) is 9.12. The normalized spacial score (nSPS) is 11.1. The predicted octanol–water partition coefficient (Wildman–Crippen LogP) is 6.99. The lowest BCUT2D eigenvalue weighted by atomic mass is 10.1. The van der Waals surface area contributed by atoms with Crippen molar-refractivity contribution in [2.45, 2.75) is 13.8 Å². The summed E-state index contributed by atoms with van der Waals surface area (Å²) in [6, 6.07) is 23.6. The van der Waals surface area contributed by atoms with E-state index in [2.05, 4.69) is 4.99 Å². The van der Waals surface area contributed by atoms with Crippen LogP contribution in [-0.4, -0.2) is 21.9 Å². The Morgan fingerprint density at radius 1 is 0.969 bits per heavy atom. The Bertz CT molecular complexity index is 1310. The molecule has 32 heavy (non-hydrogen) atoms. The number of benzene rings is 3. The summed E-state index contributed by atoms with van der Waals surface area (Å²) in [5.74, 6) is 0.404. The number of halogens is 1. The first-order chi connectivity index (χ1) is 15.4. The molecule has 0 aliphatic rings. The molecule has 6 heteroatoms. The van der Waals surface area contributed by atoms with Crippen molar-refractivity contribution < 1.29 is 14.6 Å². The summed E-state index contributed by atoms with van der Waals surface area (Å²) >= 11 is 5.99. The van der Waals surface area contributed by atoms with Crippen molar-refractivity contribution in [1.29, 1.82) is 0 Å². The van der Waals surface area contributed by atoms with Crippen LogP contribution < -0.4 is 4.74 Å². The fourth-order valence-corrected chi connectivity index (χ4v) is 3.73. The lowest BCUT2D eigenvalue weighted by Crippen LogP contribution is -2.07. The largest absolute Gasteiger partial charge is 0.478 e. The first kappa shape index (κ1) is 21.4. The van der Waals surface area contributed by atoms with E-state index < -0.39 is 5.97 Å². The molecule has 0 atom stereocenters. The van der Waals surface area contributed by atoms with Crippen molar-refractivity contribution in [2.75, 3.05) is 0 Å². The van der Waals surface area contributed by atoms with Gasteiger partial charge in [0.2, 0.25) is 0 Å². The van der Waals surface area contributed by atoms with Gasteiger partial charge >= 0.3 is 5.97 Å². The molecule has 0 saturated carbocycles. The minimum atomic E-state index is -0.955. The lowest BCUT2D eigenvalue weighted by Gasteiger charge is -2.12. The summed E-state index contributed by atoms with van der Waals surface area (Å²) in [7, 11) is 0. The number of aromatic carboxylic acids is 1. The van der Waals surface area contributed by atoms with Crippen molar-refractivity contribution in [3.8, 4) is 17.2 Å². The Kier molecular flexibility index (Phi) is 6.10. The zero-order valence-electron chi connectivity index (χ0n) is 17.6. The molecule has 0 spiro atoms. The molecular formula is C26H21ClN2O3. The van der Waals surface area contributed by atoms with E-state index in [0.29, 0.717) is 22.2 Å². The van der Waals surface area contributed by atoms with Crippen molar-refractivity contribution in [1.82, 2.24) is 4.57 Å². The number of carboxylic acid groups (broad SMARTS) is 1. The van der Waals surface area contributed by atoms with Gasteiger partial charge in [-0.3, -0.25) is 4.99 Å². The maximum Gasteiger partial charge on any atom is 0.337 e. The molecule has 1 aromatic heterocycles. The summed E-state index contributed by atoms with van der Waals surface area (Å²) in [6.07, 6.45) is 1.79. The molecule has 160 valence electrons. The summed E-state index contributed by atoms with van der Waals surface area (Å²) in [6.45, 7) is 3.90. The van der Waals surface area contributed by atoms with Crippen LogP contribution in [0.4, 0.5) is 5.69 Å². The number of ether oxygens (including phenoxy) is 1. The second-order valence-electron chi connectivity index (χ2n) is 7.30. The highest BCUT2D eigenvalue weighted by Gasteiger charge is 2.15. The maximum absolute atomic E-state index is 11.6. The summed E-state index contributed by atoms with van der Waals surface area (Å²) < 4.78 is 7.74. The number of nitrogens with zero attached hydrogens (tertiary/aromatic N) is 2. The Hall–Kier alpha value is -3.83. The Labute approximate surface area is 191 Å². The zero-order valence-corrected chi connectivity index (χ0v) is 18.4. The molecule has 0 bridgehead atoms. The number of aliphatic imine (C=N–C) groups is 1. The fourth-order valence-electron chi connectivity index (χ4n) is 3.55. The van der Waals surface area contributed by atoms with Gasteiger partial charge in [-0.1, -0.05) is 29.8 Å². The van der Waals surface area contributed by atoms with E-state index >= 15 is 0 Å². The first-order valence-corrected chi connectivity index (χ1v) is 10.4. The molecule has 4 aromatic rings. The summed E-state index contributed by atoms with van der Waals surface area (Å²) in [4.78, 5) is 16.2. The van der Waals surface area contributed by atoms with Gasteiger partial charge in [0.1, 0.15) is 11.5 Å². The number of aryl methyl sites for hydroxylation is 1. The predicted molar refractivity (Wildman–Crippen MR) is 127 cm³/mol. The van der Waals surface area contributed by atoms with E-state index in [1.54, 1.807) is 30.5 Å². The first-order valence-electron chi connectivity index (χ1n) is 10.0. The highest BCUT2D eigenvalue weighted by molar-refractivity contribution is 6.30. The number of carbonyl (C=O) groups is 1. The molecule has 3 aromatic carbocycles. The van der Waals surface area contributed by atoms with E-state index in [1.165, 1.54) is 0 Å². The van der Waals surface area contributed by atoms with Gasteiger partial charge in [0.15, 0.2) is 0 Å². The summed E-state index contributed by atoms with van der Waals surface area (Å²) in [5, 5.41) is 10.2. The van der Waals surface area contributed by atoms with Crippen molar-refractivity contribution in [2.24, 2.45) is 4.99 Å². The van der Waals surface area contributed by atoms with Gasteiger partial charge in [-0.25, -0.2) is 4.79 Å². The van der Waals surface area contributed by atoms with E-state index in [9.17, 15) is 9.90 Å². The van der Waals surface area contributed by atoms with Crippen LogP contribution in [0, 0.1) is 13.8 Å². The van der Waals surface area contributed by atoms with Crippen molar-refractivity contribution >= 4 is 29.5 Å². The maximum atomic E-state index is 11.6. The minimum absolute atomic E-state index is 0.257. The average Bonchev–Trinajstić information content (AvgIpc) is 3.06. The standard InChI is InChI=1S/C26H21ClN2O3/c1-17-14-19(18(2)29(17)25-9-4-3-8-24(25)26(30)31)16-28-21-10-12-22(13-11-21)32-23-7-5-6-20(27)15-23/h3-16H,1-2H3,(H,30,31). The van der Waals surface area contributed by atoms with Gasteiger partial charge in [-0.15, -0.1) is 0 Å². The SMILES string of the molecule is Cc1cc(C=Nc2ccc(Oc3cccc(Cl)c3)cc2)c(C)n1-c1ccccc1C(=O)O. The molecule has 0 radical (unpaired) electrons. The minimum Gasteiger partial charge on any atom is -0.478 e. The molecule has 0 amide bonds. The number of rotatable bonds is 6. The van der Waals surface area contributed by atoms with Crippen LogP contribution >= 0.6 is 11.6 Å². The van der Waals surface area contributed by atoms with Gasteiger partial charge in [-0.2, -0.15) is 0 Å².